The summed E-state index contributed by atoms with van der Waals surface area (Å²) in [6, 6.07) is 16.1. The standard InChI is InChI=1S/C21H18N2OS/c1-13-8-10-16(11-9-13)23-15(3)18(14(2)22-23)12-20-21(24)17-6-4-5-7-19(17)25-20/h4-12H,1-3H3. The lowest BCUT2D eigenvalue weighted by Crippen LogP contribution is -1.99. The average Bonchev–Trinajstić information content (AvgIpc) is 3.08. The minimum Gasteiger partial charge on any atom is -0.288 e. The lowest BCUT2D eigenvalue weighted by molar-refractivity contribution is 0.104. The minimum atomic E-state index is 0.0995. The van der Waals surface area contributed by atoms with Crippen molar-refractivity contribution in [3.63, 3.8) is 0 Å². The number of carbonyl (C=O) groups excluding carboxylic acids is 1. The molecule has 2 aromatic carbocycles. The molecule has 0 saturated heterocycles. The number of hydrogen-bond acceptors (Lipinski definition) is 3. The average molecular weight is 346 g/mol. The van der Waals surface area contributed by atoms with Crippen molar-refractivity contribution in [2.24, 2.45) is 0 Å². The molecule has 3 nitrogen and oxygen atoms in total. The number of aryl methyl sites for hydroxylation is 2. The third kappa shape index (κ3) is 2.72. The van der Waals surface area contributed by atoms with E-state index < -0.39 is 0 Å². The van der Waals surface area contributed by atoms with Crippen molar-refractivity contribution >= 4 is 23.6 Å². The number of Topliss-reactive ketones (excluding diaryl/α,β-unsaturated/α-hetero) is 1. The van der Waals surface area contributed by atoms with Crippen LogP contribution in [0.25, 0.3) is 11.8 Å². The number of fused-ring (bicyclic) bond motifs is 1. The topological polar surface area (TPSA) is 34.9 Å². The van der Waals surface area contributed by atoms with Crippen LogP contribution in [0.5, 0.6) is 0 Å². The van der Waals surface area contributed by atoms with E-state index in [1.165, 1.54) is 17.3 Å². The molecule has 4 rings (SSSR count). The minimum absolute atomic E-state index is 0.0995. The Kier molecular flexibility index (Phi) is 3.85. The summed E-state index contributed by atoms with van der Waals surface area (Å²) >= 11 is 1.54. The van der Waals surface area contributed by atoms with Gasteiger partial charge < -0.3 is 0 Å². The second kappa shape index (κ2) is 6.05. The second-order valence-electron chi connectivity index (χ2n) is 6.27. The number of benzene rings is 2. The summed E-state index contributed by atoms with van der Waals surface area (Å²) in [5.41, 5.74) is 6.03. The molecule has 0 aliphatic carbocycles. The molecule has 0 amide bonds. The fourth-order valence-corrected chi connectivity index (χ4v) is 4.10. The summed E-state index contributed by atoms with van der Waals surface area (Å²) in [6.07, 6.45) is 1.98. The number of hydrogen-bond donors (Lipinski definition) is 0. The molecule has 0 unspecified atom stereocenters. The highest BCUT2D eigenvalue weighted by atomic mass is 32.2. The van der Waals surface area contributed by atoms with E-state index in [2.05, 4.69) is 36.3 Å². The lowest BCUT2D eigenvalue weighted by atomic mass is 10.1. The Morgan fingerprint density at radius 3 is 2.44 bits per heavy atom. The van der Waals surface area contributed by atoms with E-state index in [0.717, 1.165) is 38.0 Å². The van der Waals surface area contributed by atoms with Crippen LogP contribution >= 0.6 is 11.8 Å². The smallest absolute Gasteiger partial charge is 0.200 e. The van der Waals surface area contributed by atoms with Gasteiger partial charge in [0, 0.05) is 21.7 Å². The predicted octanol–water partition coefficient (Wildman–Crippen LogP) is 5.13. The Morgan fingerprint density at radius 1 is 1.00 bits per heavy atom. The fraction of sp³-hybridized carbons (Fsp3) is 0.143. The van der Waals surface area contributed by atoms with E-state index in [4.69, 9.17) is 0 Å². The molecule has 1 aromatic heterocycles. The van der Waals surface area contributed by atoms with Crippen molar-refractivity contribution in [2.45, 2.75) is 25.7 Å². The number of rotatable bonds is 2. The van der Waals surface area contributed by atoms with Gasteiger partial charge in [-0.1, -0.05) is 41.6 Å². The van der Waals surface area contributed by atoms with Crippen LogP contribution < -0.4 is 0 Å². The molecule has 25 heavy (non-hydrogen) atoms. The summed E-state index contributed by atoms with van der Waals surface area (Å²) in [7, 11) is 0. The predicted molar refractivity (Wildman–Crippen MR) is 102 cm³/mol. The SMILES string of the molecule is Cc1ccc(-n2nc(C)c(C=C3Sc4ccccc4C3=O)c2C)cc1. The summed E-state index contributed by atoms with van der Waals surface area (Å²) < 4.78 is 1.94. The van der Waals surface area contributed by atoms with Crippen LogP contribution in [0.4, 0.5) is 0 Å². The van der Waals surface area contributed by atoms with Crippen LogP contribution in [0, 0.1) is 20.8 Å². The van der Waals surface area contributed by atoms with Gasteiger partial charge in [-0.25, -0.2) is 4.68 Å². The van der Waals surface area contributed by atoms with Crippen molar-refractivity contribution in [3.05, 3.63) is 81.5 Å². The zero-order valence-electron chi connectivity index (χ0n) is 14.4. The van der Waals surface area contributed by atoms with Gasteiger partial charge >= 0.3 is 0 Å². The molecule has 1 aliphatic rings. The van der Waals surface area contributed by atoms with Gasteiger partial charge in [-0.3, -0.25) is 4.79 Å². The summed E-state index contributed by atoms with van der Waals surface area (Å²) in [5.74, 6) is 0.0995. The van der Waals surface area contributed by atoms with Crippen molar-refractivity contribution in [1.82, 2.24) is 9.78 Å². The number of aromatic nitrogens is 2. The highest BCUT2D eigenvalue weighted by molar-refractivity contribution is 8.04. The Balaban J connectivity index is 1.75. The highest BCUT2D eigenvalue weighted by Crippen LogP contribution is 2.41. The quantitative estimate of drug-likeness (QED) is 0.604. The maximum atomic E-state index is 12.6. The van der Waals surface area contributed by atoms with E-state index >= 15 is 0 Å². The first-order valence-corrected chi connectivity index (χ1v) is 9.03. The zero-order chi connectivity index (χ0) is 17.6. The van der Waals surface area contributed by atoms with Crippen LogP contribution in [0.1, 0.15) is 32.9 Å². The van der Waals surface area contributed by atoms with Gasteiger partial charge in [-0.05, 0) is 51.1 Å². The molecule has 1 aliphatic heterocycles. The molecule has 0 bridgehead atoms. The first-order chi connectivity index (χ1) is 12.0. The zero-order valence-corrected chi connectivity index (χ0v) is 15.2. The lowest BCUT2D eigenvalue weighted by Gasteiger charge is -2.05. The Hall–Kier alpha value is -2.59. The molecule has 0 N–H and O–H groups in total. The molecular weight excluding hydrogens is 328 g/mol. The maximum absolute atomic E-state index is 12.6. The van der Waals surface area contributed by atoms with Gasteiger partial charge in [0.15, 0.2) is 0 Å². The van der Waals surface area contributed by atoms with Crippen LogP contribution in [0.2, 0.25) is 0 Å². The third-order valence-electron chi connectivity index (χ3n) is 4.48. The second-order valence-corrected chi connectivity index (χ2v) is 7.35. The number of carbonyl (C=O) groups is 1. The Bertz CT molecular complexity index is 1010. The fourth-order valence-electron chi connectivity index (χ4n) is 3.07. The van der Waals surface area contributed by atoms with E-state index in [-0.39, 0.29) is 5.78 Å². The Labute approximate surface area is 151 Å². The monoisotopic (exact) mass is 346 g/mol. The Morgan fingerprint density at radius 2 is 1.72 bits per heavy atom. The van der Waals surface area contributed by atoms with Gasteiger partial charge in [0.1, 0.15) is 0 Å². The van der Waals surface area contributed by atoms with Gasteiger partial charge in [0.25, 0.3) is 0 Å². The van der Waals surface area contributed by atoms with Crippen molar-refractivity contribution in [2.75, 3.05) is 0 Å². The van der Waals surface area contributed by atoms with Crippen LogP contribution in [-0.4, -0.2) is 15.6 Å². The molecule has 3 aromatic rings. The molecule has 4 heteroatoms. The van der Waals surface area contributed by atoms with E-state index in [9.17, 15) is 4.79 Å². The summed E-state index contributed by atoms with van der Waals surface area (Å²) in [6.45, 7) is 6.10. The number of allylic oxidation sites excluding steroid dienone is 1. The van der Waals surface area contributed by atoms with Gasteiger partial charge in [0.05, 0.1) is 16.3 Å². The van der Waals surface area contributed by atoms with E-state index in [1.807, 2.05) is 48.9 Å². The normalized spacial score (nSPS) is 15.0. The van der Waals surface area contributed by atoms with Crippen LogP contribution in [0.3, 0.4) is 0 Å². The van der Waals surface area contributed by atoms with Crippen LogP contribution in [0.15, 0.2) is 58.3 Å². The van der Waals surface area contributed by atoms with Gasteiger partial charge in [-0.15, -0.1) is 0 Å². The number of thioether (sulfide) groups is 1. The van der Waals surface area contributed by atoms with E-state index in [1.54, 1.807) is 0 Å². The largest absolute Gasteiger partial charge is 0.288 e. The van der Waals surface area contributed by atoms with Gasteiger partial charge in [0.2, 0.25) is 5.78 Å². The van der Waals surface area contributed by atoms with Crippen molar-refractivity contribution < 1.29 is 4.79 Å². The first kappa shape index (κ1) is 15.9. The molecule has 0 radical (unpaired) electrons. The highest BCUT2D eigenvalue weighted by Gasteiger charge is 2.26. The van der Waals surface area contributed by atoms with Crippen LogP contribution in [-0.2, 0) is 0 Å². The van der Waals surface area contributed by atoms with Crippen molar-refractivity contribution in [3.8, 4) is 5.69 Å². The molecule has 0 atom stereocenters. The number of nitrogens with zero attached hydrogens (tertiary/aromatic N) is 2. The molecule has 2 heterocycles. The molecule has 0 spiro atoms. The molecule has 124 valence electrons. The molecule has 0 fully saturated rings. The number of ketones is 1. The maximum Gasteiger partial charge on any atom is 0.200 e. The van der Waals surface area contributed by atoms with Crippen molar-refractivity contribution in [1.29, 1.82) is 0 Å². The third-order valence-corrected chi connectivity index (χ3v) is 5.58. The summed E-state index contributed by atoms with van der Waals surface area (Å²) in [5, 5.41) is 4.68. The van der Waals surface area contributed by atoms with Gasteiger partial charge in [-0.2, -0.15) is 5.10 Å². The first-order valence-electron chi connectivity index (χ1n) is 8.21. The molecular formula is C21H18N2OS. The molecule has 0 saturated carbocycles. The summed E-state index contributed by atoms with van der Waals surface area (Å²) in [4.78, 5) is 14.4. The van der Waals surface area contributed by atoms with E-state index in [0.29, 0.717) is 0 Å².